The van der Waals surface area contributed by atoms with Gasteiger partial charge in [-0.05, 0) is 61.9 Å². The summed E-state index contributed by atoms with van der Waals surface area (Å²) >= 11 is 1.55. The molecular formula is C29H57IN4O18P2. The highest BCUT2D eigenvalue weighted by atomic mass is 127. The normalized spacial score (nSPS) is 28.9. The molecule has 0 aromatic carbocycles. The Kier molecular flexibility index (Phi) is 23.0. The van der Waals surface area contributed by atoms with E-state index >= 15 is 0 Å². The van der Waals surface area contributed by atoms with E-state index in [0.717, 1.165) is 6.20 Å². The van der Waals surface area contributed by atoms with Gasteiger partial charge in [-0.3, -0.25) is 27.9 Å². The van der Waals surface area contributed by atoms with Crippen molar-refractivity contribution in [2.75, 3.05) is 52.5 Å². The summed E-state index contributed by atoms with van der Waals surface area (Å²) in [6, 6.07) is 0. The molecule has 0 amide bonds. The number of aromatic amines is 1. The molecule has 0 saturated carbocycles. The van der Waals surface area contributed by atoms with Gasteiger partial charge in [0.2, 0.25) is 6.29 Å². The molecular weight excluding hydrogens is 881 g/mol. The van der Waals surface area contributed by atoms with E-state index in [1.54, 1.807) is 22.6 Å². The number of phosphoric ester groups is 2. The van der Waals surface area contributed by atoms with Crippen LogP contribution < -0.4 is 11.2 Å². The average molecular weight is 939 g/mol. The van der Waals surface area contributed by atoms with Gasteiger partial charge < -0.3 is 64.6 Å². The fourth-order valence-electron chi connectivity index (χ4n) is 5.27. The molecule has 2 saturated heterocycles. The number of rotatable bonds is 17. The first-order chi connectivity index (χ1) is 25.1. The van der Waals surface area contributed by atoms with Crippen molar-refractivity contribution in [1.82, 2.24) is 19.4 Å². The highest BCUT2D eigenvalue weighted by Gasteiger charge is 2.52. The Bertz CT molecular complexity index is 1420. The Balaban J connectivity index is 0.000000879. The second kappa shape index (κ2) is 24.2. The van der Waals surface area contributed by atoms with Crippen LogP contribution in [0.15, 0.2) is 15.8 Å². The molecule has 0 radical (unpaired) electrons. The van der Waals surface area contributed by atoms with E-state index in [2.05, 4.69) is 60.4 Å². The van der Waals surface area contributed by atoms with Crippen LogP contribution in [0, 0.1) is 3.57 Å². The standard InChI is InChI=1S/C17H27IN2O18P2.2C6H15N/c18-5-3-20(17(28)19-14(5)27)15-12(26)11(25)13(36-15)16(37-39(29,30)31)38-40(32,33)34-2-1-6-8(22)10(24)9(23)7(4-21)35-6;2*1-4-7(5-2)6-3/h3,6-13,15-16,21-26H,1-2,4H2,(H,32,33)(H,19,27,28)(H2,29,30,31);2*4-6H2,1-3H3/t6-,7-,8+,9+,10-,11+,12-,13+,15-,16?;;/m1../s1. The lowest BCUT2D eigenvalue weighted by Gasteiger charge is -2.40. The van der Waals surface area contributed by atoms with E-state index in [1.807, 2.05) is 4.98 Å². The highest BCUT2D eigenvalue weighted by molar-refractivity contribution is 14.1. The second-order valence-electron chi connectivity index (χ2n) is 11.9. The minimum absolute atomic E-state index is 0.0436. The molecule has 54 heavy (non-hydrogen) atoms. The number of aliphatic hydroxyl groups is 6. The van der Waals surface area contributed by atoms with Gasteiger partial charge in [-0.15, -0.1) is 0 Å². The van der Waals surface area contributed by atoms with E-state index < -0.39 is 108 Å². The zero-order chi connectivity index (χ0) is 41.6. The molecule has 3 heterocycles. The summed E-state index contributed by atoms with van der Waals surface area (Å²) in [5.41, 5.74) is -1.88. The van der Waals surface area contributed by atoms with Crippen LogP contribution in [-0.2, 0) is 32.2 Å². The van der Waals surface area contributed by atoms with Gasteiger partial charge >= 0.3 is 21.3 Å². The van der Waals surface area contributed by atoms with E-state index in [0.29, 0.717) is 4.57 Å². The second-order valence-corrected chi connectivity index (χ2v) is 15.6. The number of ether oxygens (including phenoxy) is 2. The molecule has 0 bridgehead atoms. The quantitative estimate of drug-likeness (QED) is 0.0471. The molecule has 25 heteroatoms. The lowest BCUT2D eigenvalue weighted by molar-refractivity contribution is -0.231. The van der Waals surface area contributed by atoms with Gasteiger partial charge in [-0.2, -0.15) is 0 Å². The lowest BCUT2D eigenvalue weighted by Crippen LogP contribution is -2.58. The fourth-order valence-corrected chi connectivity index (χ4v) is 7.03. The Hall–Kier alpha value is -0.770. The summed E-state index contributed by atoms with van der Waals surface area (Å²) in [5, 5.41) is 59.7. The van der Waals surface area contributed by atoms with E-state index in [-0.39, 0.29) is 3.57 Å². The van der Waals surface area contributed by atoms with Gasteiger partial charge in [0.15, 0.2) is 6.23 Å². The maximum atomic E-state index is 12.6. The molecule has 3 rings (SSSR count). The number of hydrogen-bond acceptors (Lipinski definition) is 17. The number of phosphoric acid groups is 2. The molecule has 1 aromatic heterocycles. The molecule has 318 valence electrons. The van der Waals surface area contributed by atoms with Crippen molar-refractivity contribution >= 4 is 38.2 Å². The number of hydrogen-bond donors (Lipinski definition) is 10. The third-order valence-corrected chi connectivity index (χ3v) is 10.8. The molecule has 2 aliphatic heterocycles. The largest absolute Gasteiger partial charge is 0.474 e. The van der Waals surface area contributed by atoms with Crippen molar-refractivity contribution < 1.29 is 77.5 Å². The molecule has 2 unspecified atom stereocenters. The fraction of sp³-hybridized carbons (Fsp3) is 0.862. The van der Waals surface area contributed by atoms with Crippen LogP contribution in [0.3, 0.4) is 0 Å². The Morgan fingerprint density at radius 2 is 1.30 bits per heavy atom. The number of aliphatic hydroxyl groups excluding tert-OH is 6. The monoisotopic (exact) mass is 938 g/mol. The number of nitrogens with zero attached hydrogens (tertiary/aromatic N) is 3. The number of aromatic nitrogens is 2. The first-order valence-corrected chi connectivity index (χ1v) is 21.4. The molecule has 0 aliphatic carbocycles. The lowest BCUT2D eigenvalue weighted by atomic mass is 9.94. The van der Waals surface area contributed by atoms with Crippen molar-refractivity contribution in [1.29, 1.82) is 0 Å². The zero-order valence-electron chi connectivity index (χ0n) is 31.0. The number of H-pyrrole nitrogens is 1. The third-order valence-electron chi connectivity index (χ3n) is 8.55. The molecule has 2 fully saturated rings. The van der Waals surface area contributed by atoms with Crippen LogP contribution in [0.5, 0.6) is 0 Å². The van der Waals surface area contributed by atoms with Crippen molar-refractivity contribution in [3.05, 3.63) is 30.6 Å². The summed E-state index contributed by atoms with van der Waals surface area (Å²) in [4.78, 5) is 59.1. The molecule has 11 atom stereocenters. The maximum Gasteiger partial charge on any atom is 0.474 e. The third kappa shape index (κ3) is 15.9. The Morgan fingerprint density at radius 1 is 0.796 bits per heavy atom. The topological polar surface area (TPSA) is 324 Å². The maximum absolute atomic E-state index is 12.6. The smallest absolute Gasteiger partial charge is 0.394 e. The summed E-state index contributed by atoms with van der Waals surface area (Å²) in [6.07, 6.45) is -17.7. The van der Waals surface area contributed by atoms with Gasteiger partial charge in [0.05, 0.1) is 22.9 Å². The van der Waals surface area contributed by atoms with Crippen LogP contribution in [-0.4, -0.2) is 172 Å². The minimum Gasteiger partial charge on any atom is -0.394 e. The van der Waals surface area contributed by atoms with E-state index in [9.17, 15) is 64.0 Å². The molecule has 1 aromatic rings. The van der Waals surface area contributed by atoms with Crippen molar-refractivity contribution in [3.63, 3.8) is 0 Å². The van der Waals surface area contributed by atoms with Crippen LogP contribution in [0.25, 0.3) is 0 Å². The molecule has 2 aliphatic rings. The molecule has 0 spiro atoms. The summed E-state index contributed by atoms with van der Waals surface area (Å²) < 4.78 is 48.9. The summed E-state index contributed by atoms with van der Waals surface area (Å²) in [6.45, 7) is 18.8. The van der Waals surface area contributed by atoms with E-state index in [1.165, 1.54) is 39.3 Å². The Labute approximate surface area is 326 Å². The highest BCUT2D eigenvalue weighted by Crippen LogP contribution is 2.51. The SMILES string of the molecule is CCN(CC)CC.CCN(CC)CC.O=c1[nH]c(=O)n([C@@H]2O[C@H](C(OP(=O)(O)O)OP(=O)(O)OCC[C@H]3O[C@H](CO)[C@H](O)[C@H](O)[C@H]3O)[C@@H](O)[C@H]2O)cc1I. The van der Waals surface area contributed by atoms with Gasteiger partial charge in [0.1, 0.15) is 42.7 Å². The van der Waals surface area contributed by atoms with Crippen LogP contribution in [0.4, 0.5) is 0 Å². The Morgan fingerprint density at radius 3 is 1.74 bits per heavy atom. The summed E-state index contributed by atoms with van der Waals surface area (Å²) in [7, 11) is -10.9. The minimum atomic E-state index is -5.53. The predicted octanol–water partition coefficient (Wildman–Crippen LogP) is -1.74. The van der Waals surface area contributed by atoms with Crippen LogP contribution in [0.1, 0.15) is 54.2 Å². The first kappa shape index (κ1) is 51.2. The first-order valence-electron chi connectivity index (χ1n) is 17.3. The van der Waals surface area contributed by atoms with Crippen LogP contribution >= 0.6 is 38.2 Å². The van der Waals surface area contributed by atoms with Crippen molar-refractivity contribution in [2.45, 2.75) is 109 Å². The van der Waals surface area contributed by atoms with Crippen molar-refractivity contribution in [3.8, 4) is 0 Å². The summed E-state index contributed by atoms with van der Waals surface area (Å²) in [5.74, 6) is 0. The number of halogens is 1. The number of nitrogens with one attached hydrogen (secondary N) is 1. The predicted molar refractivity (Wildman–Crippen MR) is 199 cm³/mol. The van der Waals surface area contributed by atoms with E-state index in [4.69, 9.17) is 14.0 Å². The molecule has 10 N–H and O–H groups in total. The molecule has 22 nitrogen and oxygen atoms in total. The zero-order valence-corrected chi connectivity index (χ0v) is 35.0. The van der Waals surface area contributed by atoms with Gasteiger partial charge in [-0.1, -0.05) is 41.5 Å². The van der Waals surface area contributed by atoms with Gasteiger partial charge in [0.25, 0.3) is 5.56 Å². The average Bonchev–Trinajstić information content (AvgIpc) is 3.40. The van der Waals surface area contributed by atoms with Crippen LogP contribution in [0.2, 0.25) is 0 Å². The van der Waals surface area contributed by atoms with Gasteiger partial charge in [0, 0.05) is 12.6 Å². The van der Waals surface area contributed by atoms with Gasteiger partial charge in [-0.25, -0.2) is 13.9 Å². The van der Waals surface area contributed by atoms with Crippen molar-refractivity contribution in [2.24, 2.45) is 0 Å².